The van der Waals surface area contributed by atoms with Crippen molar-refractivity contribution in [3.63, 3.8) is 0 Å². The van der Waals surface area contributed by atoms with Gasteiger partial charge in [-0.2, -0.15) is 5.26 Å². The summed E-state index contributed by atoms with van der Waals surface area (Å²) in [6, 6.07) is 10.5. The maximum atomic E-state index is 8.85. The number of rotatable bonds is 2. The summed E-state index contributed by atoms with van der Waals surface area (Å²) in [5.74, 6) is 0.635. The number of hydrogen-bond donors (Lipinski definition) is 0. The largest absolute Gasteiger partial charge is 0.260 e. The minimum absolute atomic E-state index is 0.478. The molecule has 0 bridgehead atoms. The molecule has 1 aromatic heterocycles. The molecule has 1 aromatic carbocycles. The second-order valence-electron chi connectivity index (χ2n) is 4.67. The van der Waals surface area contributed by atoms with Gasteiger partial charge in [-0.05, 0) is 29.9 Å². The third-order valence-corrected chi connectivity index (χ3v) is 3.69. The highest BCUT2D eigenvalue weighted by molar-refractivity contribution is 5.88. The molecule has 1 aliphatic carbocycles. The Balaban J connectivity index is 2.19. The van der Waals surface area contributed by atoms with E-state index in [1.165, 1.54) is 35.7 Å². The van der Waals surface area contributed by atoms with Crippen molar-refractivity contribution in [3.8, 4) is 6.07 Å². The number of nitrogens with zero attached hydrogens (tertiary/aromatic N) is 2. The first-order valence-electron chi connectivity index (χ1n) is 6.13. The molecule has 1 fully saturated rings. The Hall–Kier alpha value is -1.88. The van der Waals surface area contributed by atoms with Crippen molar-refractivity contribution in [3.05, 3.63) is 41.7 Å². The minimum Gasteiger partial charge on any atom is -0.260 e. The van der Waals surface area contributed by atoms with Gasteiger partial charge in [0.05, 0.1) is 18.2 Å². The first kappa shape index (κ1) is 10.3. The van der Waals surface area contributed by atoms with Crippen LogP contribution in [0.2, 0.25) is 0 Å². The number of hydrogen-bond acceptors (Lipinski definition) is 2. The van der Waals surface area contributed by atoms with E-state index in [0.29, 0.717) is 12.3 Å². The van der Waals surface area contributed by atoms with Gasteiger partial charge in [-0.15, -0.1) is 0 Å². The van der Waals surface area contributed by atoms with Crippen LogP contribution in [0.5, 0.6) is 0 Å². The van der Waals surface area contributed by atoms with Crippen LogP contribution < -0.4 is 0 Å². The molecule has 0 spiro atoms. The Morgan fingerprint density at radius 2 is 2.12 bits per heavy atom. The molecule has 2 aromatic rings. The van der Waals surface area contributed by atoms with Crippen molar-refractivity contribution in [2.24, 2.45) is 0 Å². The van der Waals surface area contributed by atoms with E-state index in [1.54, 1.807) is 0 Å². The Kier molecular flexibility index (Phi) is 2.53. The first-order chi connectivity index (χ1) is 8.40. The molecule has 84 valence electrons. The Morgan fingerprint density at radius 3 is 2.82 bits per heavy atom. The van der Waals surface area contributed by atoms with Crippen LogP contribution in [0, 0.1) is 11.3 Å². The lowest BCUT2D eigenvalue weighted by atomic mass is 9.81. The molecule has 2 nitrogen and oxygen atoms in total. The lowest BCUT2D eigenvalue weighted by Crippen LogP contribution is -2.11. The second-order valence-corrected chi connectivity index (χ2v) is 4.67. The van der Waals surface area contributed by atoms with E-state index in [9.17, 15) is 0 Å². The van der Waals surface area contributed by atoms with Gasteiger partial charge in [0, 0.05) is 17.5 Å². The fraction of sp³-hybridized carbons (Fsp3) is 0.333. The second kappa shape index (κ2) is 4.18. The van der Waals surface area contributed by atoms with Crippen molar-refractivity contribution in [2.45, 2.75) is 31.6 Å². The molecule has 0 radical (unpaired) electrons. The van der Waals surface area contributed by atoms with Crippen LogP contribution in [-0.4, -0.2) is 4.98 Å². The summed E-state index contributed by atoms with van der Waals surface area (Å²) < 4.78 is 0. The van der Waals surface area contributed by atoms with Gasteiger partial charge in [0.25, 0.3) is 0 Å². The first-order valence-corrected chi connectivity index (χ1v) is 6.13. The number of benzene rings is 1. The highest BCUT2D eigenvalue weighted by Crippen LogP contribution is 2.38. The molecule has 1 aliphatic rings. The smallest absolute Gasteiger partial charge is 0.0669 e. The zero-order valence-electron chi connectivity index (χ0n) is 9.69. The van der Waals surface area contributed by atoms with E-state index in [4.69, 9.17) is 5.26 Å². The van der Waals surface area contributed by atoms with Gasteiger partial charge in [-0.25, -0.2) is 0 Å². The molecule has 0 aliphatic heterocycles. The topological polar surface area (TPSA) is 36.7 Å². The van der Waals surface area contributed by atoms with Gasteiger partial charge in [0.2, 0.25) is 0 Å². The monoisotopic (exact) mass is 222 g/mol. The maximum Gasteiger partial charge on any atom is 0.0669 e. The minimum atomic E-state index is 0.478. The van der Waals surface area contributed by atoms with Crippen LogP contribution in [0.4, 0.5) is 0 Å². The van der Waals surface area contributed by atoms with Gasteiger partial charge in [-0.3, -0.25) is 4.98 Å². The molecule has 0 atom stereocenters. The molecule has 1 heterocycles. The molecular weight excluding hydrogens is 208 g/mol. The number of nitriles is 1. The Bertz CT molecular complexity index is 591. The quantitative estimate of drug-likeness (QED) is 0.778. The van der Waals surface area contributed by atoms with Crippen LogP contribution in [0.1, 0.15) is 36.4 Å². The van der Waals surface area contributed by atoms with E-state index in [0.717, 1.165) is 5.56 Å². The predicted molar refractivity (Wildman–Crippen MR) is 67.7 cm³/mol. The van der Waals surface area contributed by atoms with E-state index in [-0.39, 0.29) is 0 Å². The van der Waals surface area contributed by atoms with Crippen LogP contribution in [0.15, 0.2) is 30.5 Å². The van der Waals surface area contributed by atoms with Crippen LogP contribution in [-0.2, 0) is 6.42 Å². The van der Waals surface area contributed by atoms with Crippen LogP contribution in [0.3, 0.4) is 0 Å². The number of aromatic nitrogens is 1. The van der Waals surface area contributed by atoms with Gasteiger partial charge in [-0.1, -0.05) is 24.6 Å². The average molecular weight is 222 g/mol. The Morgan fingerprint density at radius 1 is 1.24 bits per heavy atom. The molecule has 3 rings (SSSR count). The number of pyridine rings is 1. The summed E-state index contributed by atoms with van der Waals surface area (Å²) in [7, 11) is 0. The average Bonchev–Trinajstić information content (AvgIpc) is 2.28. The molecule has 0 saturated heterocycles. The number of fused-ring (bicyclic) bond motifs is 1. The Labute approximate surface area is 101 Å². The van der Waals surface area contributed by atoms with Crippen molar-refractivity contribution in [1.82, 2.24) is 4.98 Å². The molecule has 0 unspecified atom stereocenters. The predicted octanol–water partition coefficient (Wildman–Crippen LogP) is 3.57. The zero-order valence-corrected chi connectivity index (χ0v) is 9.69. The molecule has 17 heavy (non-hydrogen) atoms. The summed E-state index contributed by atoms with van der Waals surface area (Å²) in [6.07, 6.45) is 6.20. The maximum absolute atomic E-state index is 8.85. The summed E-state index contributed by atoms with van der Waals surface area (Å²) in [6.45, 7) is 0. The highest BCUT2D eigenvalue weighted by Gasteiger charge is 2.22. The van der Waals surface area contributed by atoms with Gasteiger partial charge in [0.1, 0.15) is 0 Å². The normalized spacial score (nSPS) is 15.5. The summed E-state index contributed by atoms with van der Waals surface area (Å²) in [5.41, 5.74) is 2.35. The molecular formula is C15H14N2. The van der Waals surface area contributed by atoms with E-state index >= 15 is 0 Å². The van der Waals surface area contributed by atoms with Gasteiger partial charge in [0.15, 0.2) is 0 Å². The third-order valence-electron chi connectivity index (χ3n) is 3.69. The molecule has 0 amide bonds. The molecule has 1 saturated carbocycles. The van der Waals surface area contributed by atoms with Gasteiger partial charge < -0.3 is 0 Å². The standard InChI is InChI=1S/C15H14N2/c16-9-7-11-3-2-6-14-13(11)8-10-17-15(14)12-4-1-5-12/h2-3,6,8,10,12H,1,4-5,7H2. The summed E-state index contributed by atoms with van der Waals surface area (Å²) in [4.78, 5) is 4.55. The van der Waals surface area contributed by atoms with Crippen molar-refractivity contribution < 1.29 is 0 Å². The van der Waals surface area contributed by atoms with Gasteiger partial charge >= 0.3 is 0 Å². The molecule has 2 heteroatoms. The highest BCUT2D eigenvalue weighted by atomic mass is 14.7. The van der Waals surface area contributed by atoms with Crippen molar-refractivity contribution in [1.29, 1.82) is 5.26 Å². The van der Waals surface area contributed by atoms with Crippen LogP contribution >= 0.6 is 0 Å². The summed E-state index contributed by atoms with van der Waals surface area (Å²) >= 11 is 0. The van der Waals surface area contributed by atoms with Crippen molar-refractivity contribution in [2.75, 3.05) is 0 Å². The van der Waals surface area contributed by atoms with E-state index < -0.39 is 0 Å². The molecule has 0 N–H and O–H groups in total. The van der Waals surface area contributed by atoms with Crippen LogP contribution in [0.25, 0.3) is 10.8 Å². The fourth-order valence-electron chi connectivity index (χ4n) is 2.54. The third kappa shape index (κ3) is 1.68. The van der Waals surface area contributed by atoms with E-state index in [2.05, 4.69) is 17.1 Å². The summed E-state index contributed by atoms with van der Waals surface area (Å²) in [5, 5.41) is 11.3. The van der Waals surface area contributed by atoms with E-state index in [1.807, 2.05) is 24.4 Å². The lowest BCUT2D eigenvalue weighted by Gasteiger charge is -2.26. The zero-order chi connectivity index (χ0) is 11.7. The SMILES string of the molecule is N#CCc1cccc2c(C3CCC3)nccc12. The van der Waals surface area contributed by atoms with Crippen molar-refractivity contribution >= 4 is 10.8 Å². The fourth-order valence-corrected chi connectivity index (χ4v) is 2.54. The lowest BCUT2D eigenvalue weighted by molar-refractivity contribution is 0.414.